The number of para-hydroxylation sites is 2. The lowest BCUT2D eigenvalue weighted by Gasteiger charge is -2.31. The molecule has 1 amide bonds. The lowest BCUT2D eigenvalue weighted by molar-refractivity contribution is 0.102. The molecule has 1 aromatic heterocycles. The molecule has 0 atom stereocenters. The van der Waals surface area contributed by atoms with Gasteiger partial charge in [0.1, 0.15) is 17.2 Å². The van der Waals surface area contributed by atoms with Crippen molar-refractivity contribution in [3.05, 3.63) is 48.3 Å². The second-order valence-corrected chi connectivity index (χ2v) is 6.98. The predicted octanol–water partition coefficient (Wildman–Crippen LogP) is 3.52. The van der Waals surface area contributed by atoms with Gasteiger partial charge in [-0.3, -0.25) is 9.78 Å². The smallest absolute Gasteiger partial charge is 0.275 e. The maximum atomic E-state index is 12.9. The van der Waals surface area contributed by atoms with Crippen molar-refractivity contribution in [3.63, 3.8) is 0 Å². The number of nitrogens with zero attached hydrogens (tertiary/aromatic N) is 3. The standard InChI is InChI=1S/C23H26N4O4/c1-3-30-21-14-20(27-9-11-29-12-10-27)22(31-4-2)13-18(21)26-23(28)19-15-24-16-7-5-6-8-17(16)25-19/h5-8,13-15H,3-4,9-12H2,1-2H3,(H,26,28). The first kappa shape index (κ1) is 20.9. The molecule has 0 unspecified atom stereocenters. The van der Waals surface area contributed by atoms with Crippen LogP contribution in [0, 0.1) is 0 Å². The molecule has 0 radical (unpaired) electrons. The van der Waals surface area contributed by atoms with Crippen molar-refractivity contribution in [2.75, 3.05) is 49.7 Å². The van der Waals surface area contributed by atoms with Gasteiger partial charge in [0, 0.05) is 25.2 Å². The maximum Gasteiger partial charge on any atom is 0.275 e. The summed E-state index contributed by atoms with van der Waals surface area (Å²) in [7, 11) is 0. The minimum absolute atomic E-state index is 0.233. The summed E-state index contributed by atoms with van der Waals surface area (Å²) in [5.74, 6) is 0.906. The van der Waals surface area contributed by atoms with Gasteiger partial charge in [0.25, 0.3) is 5.91 Å². The Morgan fingerprint density at radius 1 is 1.06 bits per heavy atom. The molecule has 8 nitrogen and oxygen atoms in total. The summed E-state index contributed by atoms with van der Waals surface area (Å²) in [6, 6.07) is 11.2. The van der Waals surface area contributed by atoms with Crippen molar-refractivity contribution in [2.45, 2.75) is 13.8 Å². The van der Waals surface area contributed by atoms with Gasteiger partial charge in [0.15, 0.2) is 0 Å². The van der Waals surface area contributed by atoms with E-state index in [9.17, 15) is 4.79 Å². The quantitative estimate of drug-likeness (QED) is 0.623. The van der Waals surface area contributed by atoms with E-state index >= 15 is 0 Å². The third-order valence-corrected chi connectivity index (χ3v) is 4.94. The number of aromatic nitrogens is 2. The third-order valence-electron chi connectivity index (χ3n) is 4.94. The summed E-state index contributed by atoms with van der Waals surface area (Å²) in [5, 5.41) is 2.92. The molecule has 0 bridgehead atoms. The van der Waals surface area contributed by atoms with Crippen LogP contribution in [-0.4, -0.2) is 55.4 Å². The largest absolute Gasteiger partial charge is 0.492 e. The van der Waals surface area contributed by atoms with Gasteiger partial charge >= 0.3 is 0 Å². The van der Waals surface area contributed by atoms with Crippen molar-refractivity contribution in [2.24, 2.45) is 0 Å². The van der Waals surface area contributed by atoms with Crippen LogP contribution in [0.4, 0.5) is 11.4 Å². The van der Waals surface area contributed by atoms with Gasteiger partial charge in [-0.05, 0) is 26.0 Å². The Labute approximate surface area is 181 Å². The van der Waals surface area contributed by atoms with Crippen LogP contribution in [0.5, 0.6) is 11.5 Å². The number of hydrogen-bond acceptors (Lipinski definition) is 7. The number of amides is 1. The van der Waals surface area contributed by atoms with Crippen molar-refractivity contribution in [3.8, 4) is 11.5 Å². The highest BCUT2D eigenvalue weighted by molar-refractivity contribution is 6.04. The van der Waals surface area contributed by atoms with E-state index in [-0.39, 0.29) is 11.6 Å². The molecule has 2 aromatic carbocycles. The highest BCUT2D eigenvalue weighted by Crippen LogP contribution is 2.39. The van der Waals surface area contributed by atoms with E-state index in [1.54, 1.807) is 0 Å². The van der Waals surface area contributed by atoms with Crippen LogP contribution in [0.1, 0.15) is 24.3 Å². The van der Waals surface area contributed by atoms with Gasteiger partial charge in [-0.15, -0.1) is 0 Å². The highest BCUT2D eigenvalue weighted by atomic mass is 16.5. The second-order valence-electron chi connectivity index (χ2n) is 6.98. The van der Waals surface area contributed by atoms with Gasteiger partial charge in [0.2, 0.25) is 0 Å². The number of fused-ring (bicyclic) bond motifs is 1. The zero-order valence-corrected chi connectivity index (χ0v) is 17.8. The maximum absolute atomic E-state index is 12.9. The normalized spacial score (nSPS) is 13.8. The second kappa shape index (κ2) is 9.61. The van der Waals surface area contributed by atoms with E-state index in [1.165, 1.54) is 6.20 Å². The van der Waals surface area contributed by atoms with Crippen LogP contribution in [0.25, 0.3) is 11.0 Å². The van der Waals surface area contributed by atoms with Crippen LogP contribution in [0.2, 0.25) is 0 Å². The number of carbonyl (C=O) groups excluding carboxylic acids is 1. The Morgan fingerprint density at radius 2 is 1.77 bits per heavy atom. The molecule has 1 saturated heterocycles. The molecule has 8 heteroatoms. The first-order valence-corrected chi connectivity index (χ1v) is 10.5. The molecule has 2 heterocycles. The zero-order valence-electron chi connectivity index (χ0n) is 17.8. The average molecular weight is 422 g/mol. The minimum atomic E-state index is -0.360. The average Bonchev–Trinajstić information content (AvgIpc) is 2.81. The number of carbonyl (C=O) groups is 1. The minimum Gasteiger partial charge on any atom is -0.492 e. The summed E-state index contributed by atoms with van der Waals surface area (Å²) < 4.78 is 17.2. The van der Waals surface area contributed by atoms with E-state index < -0.39 is 0 Å². The lowest BCUT2D eigenvalue weighted by atomic mass is 10.2. The van der Waals surface area contributed by atoms with Crippen LogP contribution >= 0.6 is 0 Å². The fraction of sp³-hybridized carbons (Fsp3) is 0.348. The fourth-order valence-corrected chi connectivity index (χ4v) is 3.50. The molecular weight excluding hydrogens is 396 g/mol. The van der Waals surface area contributed by atoms with Crippen molar-refractivity contribution < 1.29 is 19.0 Å². The molecule has 162 valence electrons. The van der Waals surface area contributed by atoms with Crippen LogP contribution in [0.3, 0.4) is 0 Å². The van der Waals surface area contributed by atoms with E-state index in [4.69, 9.17) is 14.2 Å². The zero-order chi connectivity index (χ0) is 21.6. The number of benzene rings is 2. The molecule has 3 aromatic rings. The monoisotopic (exact) mass is 422 g/mol. The number of rotatable bonds is 7. The van der Waals surface area contributed by atoms with Crippen molar-refractivity contribution >= 4 is 28.3 Å². The van der Waals surface area contributed by atoms with Crippen LogP contribution in [0.15, 0.2) is 42.6 Å². The van der Waals surface area contributed by atoms with E-state index in [1.807, 2.05) is 50.2 Å². The number of ether oxygens (including phenoxy) is 3. The molecule has 31 heavy (non-hydrogen) atoms. The summed E-state index contributed by atoms with van der Waals surface area (Å²) in [6.45, 7) is 7.68. The fourth-order valence-electron chi connectivity index (χ4n) is 3.50. The summed E-state index contributed by atoms with van der Waals surface area (Å²) in [6.07, 6.45) is 1.48. The Balaban J connectivity index is 1.66. The van der Waals surface area contributed by atoms with E-state index in [0.717, 1.165) is 24.3 Å². The van der Waals surface area contributed by atoms with Gasteiger partial charge in [-0.25, -0.2) is 4.98 Å². The molecule has 1 aliphatic rings. The lowest BCUT2D eigenvalue weighted by Crippen LogP contribution is -2.36. The summed E-state index contributed by atoms with van der Waals surface area (Å²) in [5.41, 5.74) is 3.09. The van der Waals surface area contributed by atoms with Gasteiger partial charge < -0.3 is 24.4 Å². The van der Waals surface area contributed by atoms with Gasteiger partial charge in [0.05, 0.1) is 55.0 Å². The Bertz CT molecular complexity index is 1070. The third kappa shape index (κ3) is 4.69. The van der Waals surface area contributed by atoms with Crippen molar-refractivity contribution in [1.29, 1.82) is 0 Å². The molecule has 1 N–H and O–H groups in total. The number of morpholine rings is 1. The predicted molar refractivity (Wildman–Crippen MR) is 119 cm³/mol. The Hall–Kier alpha value is -3.39. The topological polar surface area (TPSA) is 85.8 Å². The SMILES string of the molecule is CCOc1cc(N2CCOCC2)c(OCC)cc1NC(=O)c1cnc2ccccc2n1. The van der Waals surface area contributed by atoms with Crippen LogP contribution < -0.4 is 19.7 Å². The van der Waals surface area contributed by atoms with Gasteiger partial charge in [-0.1, -0.05) is 12.1 Å². The Kier molecular flexibility index (Phi) is 6.47. The molecule has 1 fully saturated rings. The first-order chi connectivity index (χ1) is 15.2. The summed E-state index contributed by atoms with van der Waals surface area (Å²) >= 11 is 0. The number of nitrogens with one attached hydrogen (secondary N) is 1. The van der Waals surface area contributed by atoms with Crippen LogP contribution in [-0.2, 0) is 4.74 Å². The van der Waals surface area contributed by atoms with E-state index in [0.29, 0.717) is 49.1 Å². The van der Waals surface area contributed by atoms with E-state index in [2.05, 4.69) is 20.2 Å². The highest BCUT2D eigenvalue weighted by Gasteiger charge is 2.21. The first-order valence-electron chi connectivity index (χ1n) is 10.5. The van der Waals surface area contributed by atoms with Crippen molar-refractivity contribution in [1.82, 2.24) is 9.97 Å². The Morgan fingerprint density at radius 3 is 2.52 bits per heavy atom. The molecule has 1 aliphatic heterocycles. The molecule has 0 spiro atoms. The summed E-state index contributed by atoms with van der Waals surface area (Å²) in [4.78, 5) is 23.9. The molecule has 0 aliphatic carbocycles. The molecule has 4 rings (SSSR count). The molecular formula is C23H26N4O4. The number of anilines is 2. The number of hydrogen-bond donors (Lipinski definition) is 1. The van der Waals surface area contributed by atoms with Gasteiger partial charge in [-0.2, -0.15) is 0 Å². The molecule has 0 saturated carbocycles.